The van der Waals surface area contributed by atoms with Gasteiger partial charge >= 0.3 is 0 Å². The van der Waals surface area contributed by atoms with Gasteiger partial charge in [0.05, 0.1) is 26.4 Å². The van der Waals surface area contributed by atoms with Crippen LogP contribution >= 0.6 is 0 Å². The summed E-state index contributed by atoms with van der Waals surface area (Å²) in [6.07, 6.45) is -0.196. The summed E-state index contributed by atoms with van der Waals surface area (Å²) < 4.78 is 17.0. The quantitative estimate of drug-likeness (QED) is 0.837. The van der Waals surface area contributed by atoms with E-state index in [1.807, 2.05) is 30.3 Å². The number of aliphatic hydroxyl groups is 1. The maximum absolute atomic E-state index is 9.43. The minimum absolute atomic E-state index is 0.0362. The van der Waals surface area contributed by atoms with Crippen molar-refractivity contribution in [2.45, 2.75) is 24.4 Å². The second-order valence-corrected chi connectivity index (χ2v) is 4.60. The topological polar surface area (TPSA) is 47.9 Å². The number of hydrogen-bond acceptors (Lipinski definition) is 4. The molecule has 1 unspecified atom stereocenters. The Hall–Kier alpha value is -0.940. The molecule has 17 heavy (non-hydrogen) atoms. The average Bonchev–Trinajstić information content (AvgIpc) is 2.92. The van der Waals surface area contributed by atoms with Crippen LogP contribution in [-0.2, 0) is 20.8 Å². The molecular formula is C13H16O4. The zero-order valence-corrected chi connectivity index (χ0v) is 9.54. The van der Waals surface area contributed by atoms with Crippen LogP contribution < -0.4 is 0 Å². The van der Waals surface area contributed by atoms with Crippen LogP contribution in [0.15, 0.2) is 30.3 Å². The van der Waals surface area contributed by atoms with Crippen LogP contribution in [0.4, 0.5) is 0 Å². The van der Waals surface area contributed by atoms with E-state index in [0.717, 1.165) is 5.56 Å². The highest BCUT2D eigenvalue weighted by atomic mass is 16.7. The van der Waals surface area contributed by atoms with E-state index < -0.39 is 5.60 Å². The molecule has 3 rings (SSSR count). The molecule has 1 aromatic carbocycles. The van der Waals surface area contributed by atoms with Gasteiger partial charge in [-0.25, -0.2) is 0 Å². The first-order chi connectivity index (χ1) is 8.34. The number of ether oxygens (including phenoxy) is 3. The molecule has 2 saturated heterocycles. The van der Waals surface area contributed by atoms with Crippen LogP contribution in [0.1, 0.15) is 5.56 Å². The first-order valence-corrected chi connectivity index (χ1v) is 5.86. The molecule has 1 N–H and O–H groups in total. The third-order valence-corrected chi connectivity index (χ3v) is 3.47. The molecular weight excluding hydrogens is 220 g/mol. The number of rotatable bonds is 4. The highest BCUT2D eigenvalue weighted by Gasteiger charge is 2.57. The minimum Gasteiger partial charge on any atom is -0.393 e. The van der Waals surface area contributed by atoms with E-state index in [1.54, 1.807) is 0 Å². The lowest BCUT2D eigenvalue weighted by atomic mass is 10.0. The second kappa shape index (κ2) is 4.38. The van der Waals surface area contributed by atoms with Crippen molar-refractivity contribution < 1.29 is 19.3 Å². The normalized spacial score (nSPS) is 35.4. The molecule has 2 bridgehead atoms. The van der Waals surface area contributed by atoms with Crippen LogP contribution in [-0.4, -0.2) is 42.7 Å². The maximum Gasteiger partial charge on any atom is 0.143 e. The molecule has 0 aliphatic carbocycles. The fraction of sp³-hybridized carbons (Fsp3) is 0.538. The summed E-state index contributed by atoms with van der Waals surface area (Å²) >= 11 is 0. The van der Waals surface area contributed by atoms with Gasteiger partial charge in [0, 0.05) is 0 Å². The minimum atomic E-state index is -0.639. The smallest absolute Gasteiger partial charge is 0.143 e. The summed E-state index contributed by atoms with van der Waals surface area (Å²) in [5, 5.41) is 9.43. The lowest BCUT2D eigenvalue weighted by Crippen LogP contribution is -2.45. The fourth-order valence-corrected chi connectivity index (χ4v) is 2.46. The van der Waals surface area contributed by atoms with E-state index in [-0.39, 0.29) is 18.8 Å². The Morgan fingerprint density at radius 2 is 2.18 bits per heavy atom. The average molecular weight is 236 g/mol. The van der Waals surface area contributed by atoms with Crippen molar-refractivity contribution in [2.24, 2.45) is 0 Å². The van der Waals surface area contributed by atoms with Crippen LogP contribution in [0.3, 0.4) is 0 Å². The summed E-state index contributed by atoms with van der Waals surface area (Å²) in [6.45, 7) is 1.41. The fourth-order valence-electron chi connectivity index (χ4n) is 2.46. The molecule has 4 heteroatoms. The van der Waals surface area contributed by atoms with Crippen LogP contribution in [0, 0.1) is 0 Å². The van der Waals surface area contributed by atoms with Gasteiger partial charge in [-0.2, -0.15) is 0 Å². The predicted octanol–water partition coefficient (Wildman–Crippen LogP) is 0.732. The zero-order valence-electron chi connectivity index (χ0n) is 9.54. The Morgan fingerprint density at radius 3 is 2.82 bits per heavy atom. The standard InChI is InChI=1S/C13H16O4/c14-8-13-9-16-11(7-17-13)12(13)15-6-10-4-2-1-3-5-10/h1-5,11-12,14H,6-9H2/t11-,12?,13+/m1/s1. The summed E-state index contributed by atoms with van der Waals surface area (Å²) in [4.78, 5) is 0. The van der Waals surface area contributed by atoms with Crippen LogP contribution in [0.5, 0.6) is 0 Å². The van der Waals surface area contributed by atoms with Gasteiger partial charge in [-0.15, -0.1) is 0 Å². The molecule has 1 aromatic rings. The van der Waals surface area contributed by atoms with Crippen molar-refractivity contribution in [1.82, 2.24) is 0 Å². The third-order valence-electron chi connectivity index (χ3n) is 3.47. The maximum atomic E-state index is 9.43. The Kier molecular flexibility index (Phi) is 2.88. The molecule has 0 aromatic heterocycles. The largest absolute Gasteiger partial charge is 0.393 e. The lowest BCUT2D eigenvalue weighted by molar-refractivity contribution is -0.129. The van der Waals surface area contributed by atoms with Crippen molar-refractivity contribution in [3.8, 4) is 0 Å². The molecule has 2 aliphatic heterocycles. The van der Waals surface area contributed by atoms with Crippen LogP contribution in [0.25, 0.3) is 0 Å². The molecule has 0 radical (unpaired) electrons. The number of fused-ring (bicyclic) bond motifs is 2. The molecule has 2 heterocycles. The predicted molar refractivity (Wildman–Crippen MR) is 60.5 cm³/mol. The van der Waals surface area contributed by atoms with Crippen molar-refractivity contribution in [1.29, 1.82) is 0 Å². The van der Waals surface area contributed by atoms with E-state index in [9.17, 15) is 5.11 Å². The van der Waals surface area contributed by atoms with Crippen molar-refractivity contribution in [2.75, 3.05) is 19.8 Å². The Labute approximate surface area is 100 Å². The molecule has 3 atom stereocenters. The number of hydrogen-bond donors (Lipinski definition) is 1. The first-order valence-electron chi connectivity index (χ1n) is 5.86. The van der Waals surface area contributed by atoms with E-state index in [4.69, 9.17) is 14.2 Å². The van der Waals surface area contributed by atoms with E-state index >= 15 is 0 Å². The summed E-state index contributed by atoms with van der Waals surface area (Å²) in [6, 6.07) is 9.98. The van der Waals surface area contributed by atoms with Gasteiger partial charge in [0.25, 0.3) is 0 Å². The molecule has 0 spiro atoms. The zero-order chi connectivity index (χ0) is 11.7. The van der Waals surface area contributed by atoms with Gasteiger partial charge in [0.15, 0.2) is 0 Å². The molecule has 4 nitrogen and oxygen atoms in total. The Morgan fingerprint density at radius 1 is 1.35 bits per heavy atom. The van der Waals surface area contributed by atoms with Gasteiger partial charge < -0.3 is 19.3 Å². The van der Waals surface area contributed by atoms with Crippen molar-refractivity contribution >= 4 is 0 Å². The van der Waals surface area contributed by atoms with E-state index in [2.05, 4.69) is 0 Å². The molecule has 2 fully saturated rings. The van der Waals surface area contributed by atoms with Gasteiger partial charge in [-0.1, -0.05) is 30.3 Å². The van der Waals surface area contributed by atoms with Crippen molar-refractivity contribution in [3.63, 3.8) is 0 Å². The molecule has 2 aliphatic rings. The monoisotopic (exact) mass is 236 g/mol. The Balaban J connectivity index is 1.66. The van der Waals surface area contributed by atoms with Crippen LogP contribution in [0.2, 0.25) is 0 Å². The van der Waals surface area contributed by atoms with E-state index in [0.29, 0.717) is 19.8 Å². The van der Waals surface area contributed by atoms with Crippen molar-refractivity contribution in [3.05, 3.63) is 35.9 Å². The second-order valence-electron chi connectivity index (χ2n) is 4.60. The summed E-state index contributed by atoms with van der Waals surface area (Å²) in [7, 11) is 0. The lowest BCUT2D eigenvalue weighted by Gasteiger charge is -2.26. The van der Waals surface area contributed by atoms with Gasteiger partial charge in [0.1, 0.15) is 17.8 Å². The van der Waals surface area contributed by atoms with Gasteiger partial charge in [-0.05, 0) is 5.56 Å². The number of benzene rings is 1. The van der Waals surface area contributed by atoms with Gasteiger partial charge in [0.2, 0.25) is 0 Å². The molecule has 0 saturated carbocycles. The first kappa shape index (κ1) is 11.2. The highest BCUT2D eigenvalue weighted by molar-refractivity contribution is 5.14. The Bertz CT molecular complexity index is 370. The van der Waals surface area contributed by atoms with E-state index in [1.165, 1.54) is 0 Å². The summed E-state index contributed by atoms with van der Waals surface area (Å²) in [5.41, 5.74) is 0.478. The number of aliphatic hydroxyl groups excluding tert-OH is 1. The molecule has 92 valence electrons. The highest BCUT2D eigenvalue weighted by Crippen LogP contribution is 2.37. The third kappa shape index (κ3) is 1.87. The molecule has 0 amide bonds. The SMILES string of the molecule is OC[C@@]12CO[C@H](CO1)C2OCc1ccccc1. The van der Waals surface area contributed by atoms with Gasteiger partial charge in [-0.3, -0.25) is 0 Å². The summed E-state index contributed by atoms with van der Waals surface area (Å²) in [5.74, 6) is 0.